The number of carbonyl (C=O) groups excluding carboxylic acids is 1. The van der Waals surface area contributed by atoms with Crippen LogP contribution >= 0.6 is 0 Å². The Balaban J connectivity index is 1.80. The van der Waals surface area contributed by atoms with Gasteiger partial charge >= 0.3 is 0 Å². The Kier molecular flexibility index (Phi) is 4.41. The van der Waals surface area contributed by atoms with Crippen LogP contribution in [0.1, 0.15) is 42.1 Å². The highest BCUT2D eigenvalue weighted by atomic mass is 16.3. The standard InChI is InChI=1S/C22H23NO3/c1-2-16-17-13-19(24)18(22(25)23-11-7-4-8-12-23)14-20(17)26-21(16)15-9-5-3-6-10-15/h3,5-6,9-10,13-14,24H,2,4,7-8,11-12H2,1H3. The van der Waals surface area contributed by atoms with Crippen molar-refractivity contribution in [2.24, 2.45) is 0 Å². The first kappa shape index (κ1) is 16.7. The van der Waals surface area contributed by atoms with Gasteiger partial charge in [-0.3, -0.25) is 4.79 Å². The number of phenolic OH excluding ortho intramolecular Hbond substituents is 1. The lowest BCUT2D eigenvalue weighted by Crippen LogP contribution is -2.35. The number of likely N-dealkylation sites (tertiary alicyclic amines) is 1. The molecule has 1 fully saturated rings. The van der Waals surface area contributed by atoms with Crippen LogP contribution < -0.4 is 0 Å². The van der Waals surface area contributed by atoms with E-state index in [-0.39, 0.29) is 11.7 Å². The minimum absolute atomic E-state index is 0.0307. The molecule has 0 saturated carbocycles. The molecule has 4 heteroatoms. The predicted octanol–water partition coefficient (Wildman–Crippen LogP) is 4.99. The lowest BCUT2D eigenvalue weighted by atomic mass is 10.0. The van der Waals surface area contributed by atoms with Crippen molar-refractivity contribution < 1.29 is 14.3 Å². The number of carbonyl (C=O) groups is 1. The molecule has 4 rings (SSSR count). The maximum absolute atomic E-state index is 12.8. The number of benzene rings is 2. The van der Waals surface area contributed by atoms with Gasteiger partial charge in [0, 0.05) is 29.6 Å². The minimum atomic E-state index is -0.111. The Morgan fingerprint density at radius 2 is 1.85 bits per heavy atom. The second kappa shape index (κ2) is 6.87. The van der Waals surface area contributed by atoms with Crippen molar-refractivity contribution in [3.8, 4) is 17.1 Å². The quantitative estimate of drug-likeness (QED) is 0.724. The summed E-state index contributed by atoms with van der Waals surface area (Å²) in [6.07, 6.45) is 3.99. The van der Waals surface area contributed by atoms with Crippen LogP contribution in [-0.2, 0) is 6.42 Å². The Bertz CT molecular complexity index is 937. The Labute approximate surface area is 153 Å². The smallest absolute Gasteiger partial charge is 0.257 e. The van der Waals surface area contributed by atoms with E-state index >= 15 is 0 Å². The maximum atomic E-state index is 12.8. The fourth-order valence-electron chi connectivity index (χ4n) is 3.79. The van der Waals surface area contributed by atoms with Crippen molar-refractivity contribution in [2.45, 2.75) is 32.6 Å². The van der Waals surface area contributed by atoms with Gasteiger partial charge < -0.3 is 14.4 Å². The number of rotatable bonds is 3. The maximum Gasteiger partial charge on any atom is 0.257 e. The summed E-state index contributed by atoms with van der Waals surface area (Å²) in [7, 11) is 0. The molecule has 0 unspecified atom stereocenters. The van der Waals surface area contributed by atoms with Crippen molar-refractivity contribution in [1.82, 2.24) is 4.90 Å². The van der Waals surface area contributed by atoms with Crippen LogP contribution in [0.15, 0.2) is 46.9 Å². The highest BCUT2D eigenvalue weighted by molar-refractivity contribution is 6.02. The molecular formula is C22H23NO3. The van der Waals surface area contributed by atoms with E-state index in [1.165, 1.54) is 0 Å². The molecule has 1 amide bonds. The van der Waals surface area contributed by atoms with E-state index in [0.717, 1.165) is 61.0 Å². The SMILES string of the molecule is CCc1c(-c2ccccc2)oc2cc(C(=O)N3CCCCC3)c(O)cc12. The third-order valence-electron chi connectivity index (χ3n) is 5.17. The molecule has 0 radical (unpaired) electrons. The van der Waals surface area contributed by atoms with Crippen LogP contribution in [0.2, 0.25) is 0 Å². The molecule has 0 spiro atoms. The summed E-state index contributed by atoms with van der Waals surface area (Å²) in [5, 5.41) is 11.4. The first-order chi connectivity index (χ1) is 12.7. The first-order valence-corrected chi connectivity index (χ1v) is 9.32. The lowest BCUT2D eigenvalue weighted by molar-refractivity contribution is 0.0721. The average molecular weight is 349 g/mol. The topological polar surface area (TPSA) is 53.7 Å². The summed E-state index contributed by atoms with van der Waals surface area (Å²) in [6.45, 7) is 3.58. The van der Waals surface area contributed by atoms with Gasteiger partial charge in [0.05, 0.1) is 5.56 Å². The normalized spacial score (nSPS) is 14.7. The summed E-state index contributed by atoms with van der Waals surface area (Å²) >= 11 is 0. The van der Waals surface area contributed by atoms with Crippen LogP contribution in [0, 0.1) is 0 Å². The fourth-order valence-corrected chi connectivity index (χ4v) is 3.79. The summed E-state index contributed by atoms with van der Waals surface area (Å²) in [5.41, 5.74) is 3.04. The van der Waals surface area contributed by atoms with Crippen LogP contribution in [-0.4, -0.2) is 29.0 Å². The van der Waals surface area contributed by atoms with Gasteiger partial charge in [0.15, 0.2) is 0 Å². The number of fused-ring (bicyclic) bond motifs is 1. The van der Waals surface area contributed by atoms with Crippen LogP contribution in [0.3, 0.4) is 0 Å². The minimum Gasteiger partial charge on any atom is -0.507 e. The molecule has 1 aromatic heterocycles. The van der Waals surface area contributed by atoms with E-state index in [1.54, 1.807) is 12.1 Å². The van der Waals surface area contributed by atoms with Crippen LogP contribution in [0.4, 0.5) is 0 Å². The van der Waals surface area contributed by atoms with E-state index < -0.39 is 0 Å². The number of phenols is 1. The van der Waals surface area contributed by atoms with Gasteiger partial charge in [0.25, 0.3) is 5.91 Å². The highest BCUT2D eigenvalue weighted by Crippen LogP contribution is 2.37. The molecular weight excluding hydrogens is 326 g/mol. The van der Waals surface area contributed by atoms with Gasteiger partial charge in [-0.25, -0.2) is 0 Å². The number of nitrogens with zero attached hydrogens (tertiary/aromatic N) is 1. The summed E-state index contributed by atoms with van der Waals surface area (Å²) < 4.78 is 6.13. The van der Waals surface area contributed by atoms with Crippen molar-refractivity contribution in [3.63, 3.8) is 0 Å². The molecule has 134 valence electrons. The van der Waals surface area contributed by atoms with Crippen LogP contribution in [0.25, 0.3) is 22.3 Å². The third-order valence-corrected chi connectivity index (χ3v) is 5.17. The van der Waals surface area contributed by atoms with Crippen molar-refractivity contribution >= 4 is 16.9 Å². The Morgan fingerprint density at radius 3 is 2.54 bits per heavy atom. The zero-order valence-electron chi connectivity index (χ0n) is 15.0. The number of hydrogen-bond donors (Lipinski definition) is 1. The number of aryl methyl sites for hydroxylation is 1. The van der Waals surface area contributed by atoms with E-state index in [1.807, 2.05) is 35.2 Å². The second-order valence-electron chi connectivity index (χ2n) is 6.85. The molecule has 4 nitrogen and oxygen atoms in total. The number of amides is 1. The van der Waals surface area contributed by atoms with Gasteiger partial charge in [-0.15, -0.1) is 0 Å². The zero-order chi connectivity index (χ0) is 18.1. The third kappa shape index (κ3) is 2.85. The molecule has 0 aliphatic carbocycles. The Hall–Kier alpha value is -2.75. The van der Waals surface area contributed by atoms with Gasteiger partial charge in [-0.2, -0.15) is 0 Å². The molecule has 26 heavy (non-hydrogen) atoms. The molecule has 0 atom stereocenters. The molecule has 1 saturated heterocycles. The average Bonchev–Trinajstić information content (AvgIpc) is 3.05. The molecule has 2 heterocycles. The van der Waals surface area contributed by atoms with E-state index in [0.29, 0.717) is 11.1 Å². The van der Waals surface area contributed by atoms with Crippen molar-refractivity contribution in [1.29, 1.82) is 0 Å². The first-order valence-electron chi connectivity index (χ1n) is 9.32. The largest absolute Gasteiger partial charge is 0.507 e. The van der Waals surface area contributed by atoms with Gasteiger partial charge in [0.1, 0.15) is 17.1 Å². The molecule has 2 aromatic carbocycles. The highest BCUT2D eigenvalue weighted by Gasteiger charge is 2.24. The van der Waals surface area contributed by atoms with Crippen molar-refractivity contribution in [2.75, 3.05) is 13.1 Å². The number of hydrogen-bond acceptors (Lipinski definition) is 3. The molecule has 0 bridgehead atoms. The number of piperidine rings is 1. The predicted molar refractivity (Wildman–Crippen MR) is 102 cm³/mol. The second-order valence-corrected chi connectivity index (χ2v) is 6.85. The molecule has 1 aliphatic rings. The van der Waals surface area contributed by atoms with E-state index in [2.05, 4.69) is 6.92 Å². The Morgan fingerprint density at radius 1 is 1.12 bits per heavy atom. The summed E-state index contributed by atoms with van der Waals surface area (Å²) in [6, 6.07) is 13.3. The molecule has 1 N–H and O–H groups in total. The summed E-state index contributed by atoms with van der Waals surface area (Å²) in [5.74, 6) is 0.730. The van der Waals surface area contributed by atoms with E-state index in [9.17, 15) is 9.90 Å². The number of aromatic hydroxyl groups is 1. The van der Waals surface area contributed by atoms with E-state index in [4.69, 9.17) is 4.42 Å². The lowest BCUT2D eigenvalue weighted by Gasteiger charge is -2.26. The van der Waals surface area contributed by atoms with Gasteiger partial charge in [0.2, 0.25) is 0 Å². The molecule has 3 aromatic rings. The number of furan rings is 1. The fraction of sp³-hybridized carbons (Fsp3) is 0.318. The monoisotopic (exact) mass is 349 g/mol. The van der Waals surface area contributed by atoms with Crippen LogP contribution in [0.5, 0.6) is 5.75 Å². The molecule has 1 aliphatic heterocycles. The van der Waals surface area contributed by atoms with Gasteiger partial charge in [-0.05, 0) is 37.8 Å². The zero-order valence-corrected chi connectivity index (χ0v) is 15.0. The van der Waals surface area contributed by atoms with Gasteiger partial charge in [-0.1, -0.05) is 37.3 Å². The van der Waals surface area contributed by atoms with Crippen molar-refractivity contribution in [3.05, 3.63) is 53.6 Å². The summed E-state index contributed by atoms with van der Waals surface area (Å²) in [4.78, 5) is 14.6.